The van der Waals surface area contributed by atoms with Crippen LogP contribution in [0.1, 0.15) is 37.8 Å². The van der Waals surface area contributed by atoms with Crippen LogP contribution in [0.4, 0.5) is 0 Å². The van der Waals surface area contributed by atoms with Gasteiger partial charge in [0.25, 0.3) is 0 Å². The highest BCUT2D eigenvalue weighted by atomic mass is 32.2. The van der Waals surface area contributed by atoms with Crippen LogP contribution in [0, 0.1) is 11.8 Å². The van der Waals surface area contributed by atoms with Crippen molar-refractivity contribution in [1.82, 2.24) is 9.62 Å². The van der Waals surface area contributed by atoms with Gasteiger partial charge in [0.05, 0.1) is 4.90 Å². The van der Waals surface area contributed by atoms with E-state index in [2.05, 4.69) is 19.2 Å². The van der Waals surface area contributed by atoms with Gasteiger partial charge in [-0.2, -0.15) is 4.31 Å². The zero-order valence-electron chi connectivity index (χ0n) is 12.8. The van der Waals surface area contributed by atoms with Gasteiger partial charge in [-0.25, -0.2) is 8.42 Å². The average molecular weight is 308 g/mol. The van der Waals surface area contributed by atoms with Crippen LogP contribution >= 0.6 is 0 Å². The van der Waals surface area contributed by atoms with Crippen LogP contribution in [-0.2, 0) is 23.1 Å². The first-order valence-electron chi connectivity index (χ1n) is 7.81. The van der Waals surface area contributed by atoms with E-state index >= 15 is 0 Å². The zero-order chi connectivity index (χ0) is 15.0. The molecule has 2 aliphatic rings. The van der Waals surface area contributed by atoms with Gasteiger partial charge in [-0.1, -0.05) is 19.9 Å². The fraction of sp³-hybridized carbons (Fsp3) is 0.625. The summed E-state index contributed by atoms with van der Waals surface area (Å²) in [5.74, 6) is 1.29. The monoisotopic (exact) mass is 308 g/mol. The molecule has 0 aromatic heterocycles. The highest BCUT2D eigenvalue weighted by Crippen LogP contribution is 2.29. The SMILES string of the molecule is CC(C)C1CCN(S(=O)(=O)c2ccc3c(c2)CNC3)CC1. The predicted octanol–water partition coefficient (Wildman–Crippen LogP) is 2.35. The Hall–Kier alpha value is -0.910. The second-order valence-electron chi connectivity index (χ2n) is 6.52. The highest BCUT2D eigenvalue weighted by Gasteiger charge is 2.30. The first-order valence-corrected chi connectivity index (χ1v) is 9.25. The number of nitrogens with zero attached hydrogens (tertiary/aromatic N) is 1. The molecule has 0 spiro atoms. The Kier molecular flexibility index (Phi) is 4.08. The lowest BCUT2D eigenvalue weighted by Crippen LogP contribution is -2.39. The molecule has 1 fully saturated rings. The van der Waals surface area contributed by atoms with Gasteiger partial charge in [0.2, 0.25) is 10.0 Å². The van der Waals surface area contributed by atoms with Crippen molar-refractivity contribution in [2.75, 3.05) is 13.1 Å². The molecule has 1 aromatic carbocycles. The summed E-state index contributed by atoms with van der Waals surface area (Å²) in [6.45, 7) is 7.37. The Morgan fingerprint density at radius 2 is 1.81 bits per heavy atom. The van der Waals surface area contributed by atoms with Crippen LogP contribution in [0.15, 0.2) is 23.1 Å². The van der Waals surface area contributed by atoms with E-state index < -0.39 is 10.0 Å². The molecule has 1 aromatic rings. The summed E-state index contributed by atoms with van der Waals surface area (Å²) in [4.78, 5) is 0.452. The lowest BCUT2D eigenvalue weighted by atomic mass is 9.87. The smallest absolute Gasteiger partial charge is 0.243 e. The van der Waals surface area contributed by atoms with Crippen LogP contribution in [-0.4, -0.2) is 25.8 Å². The quantitative estimate of drug-likeness (QED) is 0.932. The van der Waals surface area contributed by atoms with Crippen molar-refractivity contribution in [3.8, 4) is 0 Å². The van der Waals surface area contributed by atoms with E-state index in [9.17, 15) is 8.42 Å². The molecule has 2 aliphatic heterocycles. The molecule has 0 aliphatic carbocycles. The van der Waals surface area contributed by atoms with Crippen LogP contribution in [0.25, 0.3) is 0 Å². The number of benzene rings is 1. The van der Waals surface area contributed by atoms with Crippen LogP contribution in [0.3, 0.4) is 0 Å². The minimum atomic E-state index is -3.33. The molecule has 0 atom stereocenters. The van der Waals surface area contributed by atoms with Crippen molar-refractivity contribution in [1.29, 1.82) is 0 Å². The summed E-state index contributed by atoms with van der Waals surface area (Å²) >= 11 is 0. The number of hydrogen-bond acceptors (Lipinski definition) is 3. The fourth-order valence-corrected chi connectivity index (χ4v) is 4.88. The van der Waals surface area contributed by atoms with Crippen molar-refractivity contribution in [3.05, 3.63) is 29.3 Å². The van der Waals surface area contributed by atoms with E-state index in [1.54, 1.807) is 10.4 Å². The lowest BCUT2D eigenvalue weighted by molar-refractivity contribution is 0.226. The maximum atomic E-state index is 12.8. The molecule has 1 N–H and O–H groups in total. The first-order chi connectivity index (χ1) is 9.98. The minimum absolute atomic E-state index is 0.452. The number of piperidine rings is 1. The van der Waals surface area contributed by atoms with Gasteiger partial charge < -0.3 is 5.32 Å². The molecule has 1 saturated heterocycles. The van der Waals surface area contributed by atoms with Crippen molar-refractivity contribution in [2.45, 2.75) is 44.7 Å². The molecule has 0 saturated carbocycles. The number of sulfonamides is 1. The molecular weight excluding hydrogens is 284 g/mol. The van der Waals surface area contributed by atoms with Crippen LogP contribution in [0.2, 0.25) is 0 Å². The third kappa shape index (κ3) is 2.87. The Bertz CT molecular complexity index is 617. The molecule has 116 valence electrons. The molecule has 2 heterocycles. The van der Waals surface area contributed by atoms with E-state index in [1.165, 1.54) is 5.56 Å². The van der Waals surface area contributed by atoms with Gasteiger partial charge in [0, 0.05) is 26.2 Å². The third-order valence-electron chi connectivity index (χ3n) is 4.89. The van der Waals surface area contributed by atoms with E-state index in [4.69, 9.17) is 0 Å². The molecule has 0 bridgehead atoms. The molecule has 0 radical (unpaired) electrons. The van der Waals surface area contributed by atoms with Gasteiger partial charge in [0.1, 0.15) is 0 Å². The van der Waals surface area contributed by atoms with Crippen molar-refractivity contribution >= 4 is 10.0 Å². The summed E-state index contributed by atoms with van der Waals surface area (Å²) in [5.41, 5.74) is 2.33. The molecule has 0 unspecified atom stereocenters. The number of hydrogen-bond donors (Lipinski definition) is 1. The Morgan fingerprint density at radius 3 is 2.48 bits per heavy atom. The van der Waals surface area contributed by atoms with Gasteiger partial charge in [-0.05, 0) is 47.9 Å². The number of fused-ring (bicyclic) bond motifs is 1. The molecule has 5 heteroatoms. The number of rotatable bonds is 3. The van der Waals surface area contributed by atoms with E-state index in [0.717, 1.165) is 31.5 Å². The van der Waals surface area contributed by atoms with Gasteiger partial charge in [-0.15, -0.1) is 0 Å². The lowest BCUT2D eigenvalue weighted by Gasteiger charge is -2.33. The van der Waals surface area contributed by atoms with Crippen molar-refractivity contribution in [2.24, 2.45) is 11.8 Å². The summed E-state index contributed by atoms with van der Waals surface area (Å²) < 4.78 is 27.2. The van der Waals surface area contributed by atoms with Crippen molar-refractivity contribution in [3.63, 3.8) is 0 Å². The van der Waals surface area contributed by atoms with Gasteiger partial charge in [-0.3, -0.25) is 0 Å². The Morgan fingerprint density at radius 1 is 1.14 bits per heavy atom. The maximum Gasteiger partial charge on any atom is 0.243 e. The Balaban J connectivity index is 1.78. The molecule has 3 rings (SSSR count). The predicted molar refractivity (Wildman–Crippen MR) is 83.3 cm³/mol. The third-order valence-corrected chi connectivity index (χ3v) is 6.78. The number of nitrogens with one attached hydrogen (secondary N) is 1. The summed E-state index contributed by atoms with van der Waals surface area (Å²) in [6.07, 6.45) is 1.95. The first kappa shape index (κ1) is 15.0. The topological polar surface area (TPSA) is 49.4 Å². The Labute approximate surface area is 127 Å². The van der Waals surface area contributed by atoms with Crippen molar-refractivity contribution < 1.29 is 8.42 Å². The average Bonchev–Trinajstić information content (AvgIpc) is 2.94. The molecule has 4 nitrogen and oxygen atoms in total. The second kappa shape index (κ2) is 5.71. The maximum absolute atomic E-state index is 12.8. The van der Waals surface area contributed by atoms with E-state index in [1.807, 2.05) is 12.1 Å². The fourth-order valence-electron chi connectivity index (χ4n) is 3.36. The molecular formula is C16H24N2O2S. The van der Waals surface area contributed by atoms with Crippen LogP contribution < -0.4 is 5.32 Å². The highest BCUT2D eigenvalue weighted by molar-refractivity contribution is 7.89. The summed E-state index contributed by atoms with van der Waals surface area (Å²) in [5, 5.41) is 3.26. The second-order valence-corrected chi connectivity index (χ2v) is 8.46. The van der Waals surface area contributed by atoms with Gasteiger partial charge >= 0.3 is 0 Å². The molecule has 0 amide bonds. The normalized spacial score (nSPS) is 20.9. The van der Waals surface area contributed by atoms with Crippen LogP contribution in [0.5, 0.6) is 0 Å². The van der Waals surface area contributed by atoms with E-state index in [-0.39, 0.29) is 0 Å². The molecule has 21 heavy (non-hydrogen) atoms. The summed E-state index contributed by atoms with van der Waals surface area (Å²) in [7, 11) is -3.33. The minimum Gasteiger partial charge on any atom is -0.309 e. The van der Waals surface area contributed by atoms with Gasteiger partial charge in [0.15, 0.2) is 0 Å². The standard InChI is InChI=1S/C16H24N2O2S/c1-12(2)13-5-7-18(8-6-13)21(19,20)16-4-3-14-10-17-11-15(14)9-16/h3-4,9,12-13,17H,5-8,10-11H2,1-2H3. The largest absolute Gasteiger partial charge is 0.309 e. The van der Waals surface area contributed by atoms with E-state index in [0.29, 0.717) is 29.8 Å². The summed E-state index contributed by atoms with van der Waals surface area (Å²) in [6, 6.07) is 5.55. The zero-order valence-corrected chi connectivity index (χ0v) is 13.6.